The first-order valence-corrected chi connectivity index (χ1v) is 8.51. The molecule has 0 saturated carbocycles. The van der Waals surface area contributed by atoms with Gasteiger partial charge in [0.25, 0.3) is 11.6 Å². The van der Waals surface area contributed by atoms with Gasteiger partial charge in [-0.05, 0) is 36.2 Å². The Labute approximate surface area is 159 Å². The second-order valence-electron chi connectivity index (χ2n) is 5.53. The number of fused-ring (bicyclic) bond motifs is 1. The summed E-state index contributed by atoms with van der Waals surface area (Å²) in [6.07, 6.45) is 0.476. The molecule has 1 heterocycles. The molecule has 7 nitrogen and oxygen atoms in total. The molecule has 2 aromatic carbocycles. The van der Waals surface area contributed by atoms with Gasteiger partial charge in [-0.1, -0.05) is 23.2 Å². The Bertz CT molecular complexity index is 872. The maximum Gasteiger partial charge on any atom is 0.283 e. The van der Waals surface area contributed by atoms with E-state index in [0.29, 0.717) is 36.2 Å². The van der Waals surface area contributed by atoms with Gasteiger partial charge in [0.1, 0.15) is 18.8 Å². The Morgan fingerprint density at radius 3 is 2.73 bits per heavy atom. The molecule has 0 saturated heterocycles. The smallest absolute Gasteiger partial charge is 0.283 e. The quantitative estimate of drug-likeness (QED) is 0.615. The van der Waals surface area contributed by atoms with Crippen molar-refractivity contribution in [2.24, 2.45) is 0 Å². The Morgan fingerprint density at radius 2 is 1.96 bits per heavy atom. The highest BCUT2D eigenvalue weighted by molar-refractivity contribution is 6.32. The number of rotatable bonds is 5. The highest BCUT2D eigenvalue weighted by Gasteiger charge is 2.21. The van der Waals surface area contributed by atoms with Crippen LogP contribution in [0, 0.1) is 10.1 Å². The van der Waals surface area contributed by atoms with Crippen LogP contribution in [0.25, 0.3) is 0 Å². The molecule has 0 atom stereocenters. The first kappa shape index (κ1) is 18.3. The van der Waals surface area contributed by atoms with Gasteiger partial charge in [-0.15, -0.1) is 0 Å². The molecule has 1 amide bonds. The van der Waals surface area contributed by atoms with E-state index in [-0.39, 0.29) is 22.8 Å². The topological polar surface area (TPSA) is 90.7 Å². The summed E-state index contributed by atoms with van der Waals surface area (Å²) in [5, 5.41) is 14.4. The van der Waals surface area contributed by atoms with Crippen molar-refractivity contribution >= 4 is 34.8 Å². The highest BCUT2D eigenvalue weighted by Crippen LogP contribution is 2.38. The summed E-state index contributed by atoms with van der Waals surface area (Å²) in [7, 11) is 0. The van der Waals surface area contributed by atoms with Crippen molar-refractivity contribution in [3.05, 3.63) is 61.6 Å². The largest absolute Gasteiger partial charge is 0.486 e. The molecule has 0 unspecified atom stereocenters. The first-order valence-electron chi connectivity index (χ1n) is 7.76. The number of hydrogen-bond acceptors (Lipinski definition) is 5. The number of carbonyl (C=O) groups excluding carboxylic acids is 1. The molecule has 0 spiro atoms. The van der Waals surface area contributed by atoms with Crippen molar-refractivity contribution in [2.75, 3.05) is 19.8 Å². The zero-order valence-electron chi connectivity index (χ0n) is 13.5. The van der Waals surface area contributed by atoms with E-state index in [1.807, 2.05) is 0 Å². The molecule has 26 heavy (non-hydrogen) atoms. The molecule has 0 bridgehead atoms. The Hall–Kier alpha value is -2.51. The lowest BCUT2D eigenvalue weighted by Gasteiger charge is -2.20. The monoisotopic (exact) mass is 396 g/mol. The summed E-state index contributed by atoms with van der Waals surface area (Å²) in [5.41, 5.74) is 0.474. The number of halogens is 2. The van der Waals surface area contributed by atoms with Crippen LogP contribution in [0.4, 0.5) is 5.69 Å². The summed E-state index contributed by atoms with van der Waals surface area (Å²) in [4.78, 5) is 22.7. The van der Waals surface area contributed by atoms with Crippen molar-refractivity contribution in [3.63, 3.8) is 0 Å². The molecule has 3 rings (SSSR count). The van der Waals surface area contributed by atoms with Gasteiger partial charge in [-0.25, -0.2) is 0 Å². The van der Waals surface area contributed by atoms with Gasteiger partial charge in [-0.3, -0.25) is 14.9 Å². The maximum absolute atomic E-state index is 12.2. The van der Waals surface area contributed by atoms with Crippen LogP contribution in [-0.2, 0) is 6.42 Å². The lowest BCUT2D eigenvalue weighted by molar-refractivity contribution is -0.385. The van der Waals surface area contributed by atoms with Crippen molar-refractivity contribution in [3.8, 4) is 11.5 Å². The lowest BCUT2D eigenvalue weighted by Crippen LogP contribution is -2.26. The maximum atomic E-state index is 12.2. The number of benzene rings is 2. The second-order valence-corrected chi connectivity index (χ2v) is 6.37. The van der Waals surface area contributed by atoms with Gasteiger partial charge >= 0.3 is 0 Å². The van der Waals surface area contributed by atoms with E-state index < -0.39 is 10.8 Å². The molecule has 9 heteroatoms. The van der Waals surface area contributed by atoms with Gasteiger partial charge in [0.2, 0.25) is 0 Å². The predicted molar refractivity (Wildman–Crippen MR) is 96.6 cm³/mol. The van der Waals surface area contributed by atoms with E-state index in [1.54, 1.807) is 12.1 Å². The number of nitro groups is 1. The Kier molecular flexibility index (Phi) is 5.49. The van der Waals surface area contributed by atoms with E-state index in [1.165, 1.54) is 12.1 Å². The molecular formula is C17H14Cl2N2O5. The van der Waals surface area contributed by atoms with Gasteiger partial charge in [0, 0.05) is 17.6 Å². The molecule has 0 aromatic heterocycles. The minimum atomic E-state index is -0.638. The van der Waals surface area contributed by atoms with Gasteiger partial charge in [0.15, 0.2) is 11.5 Å². The lowest BCUT2D eigenvalue weighted by atomic mass is 10.1. The van der Waals surface area contributed by atoms with Crippen molar-refractivity contribution < 1.29 is 19.2 Å². The minimum Gasteiger partial charge on any atom is -0.486 e. The summed E-state index contributed by atoms with van der Waals surface area (Å²) in [6.45, 7) is 1.17. The molecule has 1 aliphatic rings. The fourth-order valence-corrected chi connectivity index (χ4v) is 3.03. The van der Waals surface area contributed by atoms with Crippen molar-refractivity contribution in [1.29, 1.82) is 0 Å². The summed E-state index contributed by atoms with van der Waals surface area (Å²) in [6, 6.07) is 7.46. The van der Waals surface area contributed by atoms with E-state index in [4.69, 9.17) is 32.7 Å². The standard InChI is InChI=1S/C17H14Cl2N2O5/c18-11-1-2-12(14(9-11)21(23)24)17(22)20-4-3-10-7-13(19)16-15(8-10)25-5-6-26-16/h1-2,7-9H,3-6H2,(H,20,22). The van der Waals surface area contributed by atoms with E-state index in [2.05, 4.69) is 5.32 Å². The van der Waals surface area contributed by atoms with Crippen molar-refractivity contribution in [1.82, 2.24) is 5.32 Å². The zero-order valence-corrected chi connectivity index (χ0v) is 15.0. The zero-order chi connectivity index (χ0) is 18.7. The van der Waals surface area contributed by atoms with E-state index in [0.717, 1.165) is 11.6 Å². The van der Waals surface area contributed by atoms with Crippen LogP contribution in [0.5, 0.6) is 11.5 Å². The molecule has 1 N–H and O–H groups in total. The number of hydrogen-bond donors (Lipinski definition) is 1. The molecular weight excluding hydrogens is 383 g/mol. The summed E-state index contributed by atoms with van der Waals surface area (Å²) >= 11 is 11.9. The number of nitro benzene ring substituents is 1. The van der Waals surface area contributed by atoms with E-state index in [9.17, 15) is 14.9 Å². The van der Waals surface area contributed by atoms with Crippen LogP contribution in [0.3, 0.4) is 0 Å². The number of amides is 1. The molecule has 0 fully saturated rings. The highest BCUT2D eigenvalue weighted by atomic mass is 35.5. The predicted octanol–water partition coefficient (Wildman–Crippen LogP) is 3.65. The normalized spacial score (nSPS) is 12.5. The molecule has 0 radical (unpaired) electrons. The van der Waals surface area contributed by atoms with Crippen LogP contribution in [-0.4, -0.2) is 30.6 Å². The third-order valence-corrected chi connectivity index (χ3v) is 4.27. The summed E-state index contributed by atoms with van der Waals surface area (Å²) in [5.74, 6) is 0.540. The van der Waals surface area contributed by atoms with Crippen LogP contribution < -0.4 is 14.8 Å². The Balaban J connectivity index is 1.66. The van der Waals surface area contributed by atoms with Gasteiger partial charge < -0.3 is 14.8 Å². The number of nitrogens with zero attached hydrogens (tertiary/aromatic N) is 1. The van der Waals surface area contributed by atoms with Crippen LogP contribution in [0.15, 0.2) is 30.3 Å². The van der Waals surface area contributed by atoms with Crippen LogP contribution in [0.1, 0.15) is 15.9 Å². The van der Waals surface area contributed by atoms with Gasteiger partial charge in [-0.2, -0.15) is 0 Å². The average molecular weight is 397 g/mol. The third kappa shape index (κ3) is 4.00. The number of carbonyl (C=O) groups is 1. The fourth-order valence-electron chi connectivity index (χ4n) is 2.57. The fraction of sp³-hybridized carbons (Fsp3) is 0.235. The van der Waals surface area contributed by atoms with Crippen LogP contribution >= 0.6 is 23.2 Å². The molecule has 1 aliphatic heterocycles. The second kappa shape index (κ2) is 7.80. The number of ether oxygens (including phenoxy) is 2. The van der Waals surface area contributed by atoms with E-state index >= 15 is 0 Å². The van der Waals surface area contributed by atoms with Gasteiger partial charge in [0.05, 0.1) is 9.95 Å². The third-order valence-electron chi connectivity index (χ3n) is 3.76. The molecule has 2 aromatic rings. The van der Waals surface area contributed by atoms with Crippen LogP contribution in [0.2, 0.25) is 10.0 Å². The molecule has 0 aliphatic carbocycles. The SMILES string of the molecule is O=C(NCCc1cc(Cl)c2c(c1)OCCO2)c1ccc(Cl)cc1[N+](=O)[O-]. The molecule has 136 valence electrons. The van der Waals surface area contributed by atoms with Crippen molar-refractivity contribution in [2.45, 2.75) is 6.42 Å². The minimum absolute atomic E-state index is 0.0420. The Morgan fingerprint density at radius 1 is 1.19 bits per heavy atom. The number of nitrogens with one attached hydrogen (secondary N) is 1. The first-order chi connectivity index (χ1) is 12.5. The average Bonchev–Trinajstić information content (AvgIpc) is 2.61. The summed E-state index contributed by atoms with van der Waals surface area (Å²) < 4.78 is 11.0.